The summed E-state index contributed by atoms with van der Waals surface area (Å²) in [6.45, 7) is 7.82. The van der Waals surface area contributed by atoms with Crippen LogP contribution in [-0.2, 0) is 22.3 Å². The van der Waals surface area contributed by atoms with Crippen molar-refractivity contribution in [2.75, 3.05) is 0 Å². The van der Waals surface area contributed by atoms with Gasteiger partial charge in [-0.1, -0.05) is 83.0 Å². The van der Waals surface area contributed by atoms with Gasteiger partial charge in [-0.2, -0.15) is 0 Å². The normalized spacial score (nSPS) is 23.9. The number of carbonyl (C=O) groups is 2. The quantitative estimate of drug-likeness (QED) is 0.236. The van der Waals surface area contributed by atoms with Crippen molar-refractivity contribution in [3.05, 3.63) is 35.9 Å². The summed E-state index contributed by atoms with van der Waals surface area (Å²) in [6, 6.07) is 9.32. The van der Waals surface area contributed by atoms with Crippen LogP contribution in [0.4, 0.5) is 0 Å². The van der Waals surface area contributed by atoms with Crippen LogP contribution in [0.3, 0.4) is 0 Å². The number of rotatable bonds is 11. The first-order valence-electron chi connectivity index (χ1n) is 12.0. The summed E-state index contributed by atoms with van der Waals surface area (Å²) in [5.41, 5.74) is 0.742. The molecular weight excluding hydrogens is 552 g/mol. The van der Waals surface area contributed by atoms with E-state index in [2.05, 4.69) is 45.7 Å². The third-order valence-corrected chi connectivity index (χ3v) is 7.97. The molecule has 0 bridgehead atoms. The van der Waals surface area contributed by atoms with Crippen LogP contribution in [0, 0.1) is 17.8 Å². The predicted molar refractivity (Wildman–Crippen MR) is 137 cm³/mol. The third-order valence-electron chi connectivity index (χ3n) is 6.40. The van der Waals surface area contributed by atoms with Gasteiger partial charge in [-0.15, -0.1) is 0 Å². The lowest BCUT2D eigenvalue weighted by Gasteiger charge is -2.35. The number of ether oxygens (including phenoxy) is 2. The van der Waals surface area contributed by atoms with Gasteiger partial charge in [0.1, 0.15) is 12.2 Å². The molecule has 0 radical (unpaired) electrons. The highest BCUT2D eigenvalue weighted by Crippen LogP contribution is 2.41. The van der Waals surface area contributed by atoms with Crippen molar-refractivity contribution in [3.8, 4) is 0 Å². The molecule has 0 heterocycles. The molecule has 7 heteroatoms. The van der Waals surface area contributed by atoms with E-state index in [9.17, 15) is 14.7 Å². The van der Waals surface area contributed by atoms with Crippen molar-refractivity contribution >= 4 is 43.8 Å². The average Bonchev–Trinajstić information content (AvgIpc) is 2.72. The second-order valence-corrected chi connectivity index (χ2v) is 13.2. The lowest BCUT2D eigenvalue weighted by atomic mass is 9.74. The maximum Gasteiger partial charge on any atom is 0.338 e. The van der Waals surface area contributed by atoms with E-state index in [0.717, 1.165) is 18.4 Å². The number of halogens is 2. The number of esters is 2. The Bertz CT molecular complexity index is 744. The van der Waals surface area contributed by atoms with Gasteiger partial charge in [0.05, 0.1) is 6.10 Å². The van der Waals surface area contributed by atoms with E-state index in [1.807, 2.05) is 37.3 Å². The summed E-state index contributed by atoms with van der Waals surface area (Å²) >= 11 is 7.01. The zero-order valence-electron chi connectivity index (χ0n) is 20.1. The number of alkyl halides is 2. The molecule has 5 nitrogen and oxygen atoms in total. The Labute approximate surface area is 215 Å². The van der Waals surface area contributed by atoms with Gasteiger partial charge in [-0.25, -0.2) is 4.79 Å². The molecule has 186 valence electrons. The second kappa shape index (κ2) is 13.2. The van der Waals surface area contributed by atoms with Gasteiger partial charge in [-0.3, -0.25) is 4.79 Å². The van der Waals surface area contributed by atoms with E-state index in [0.29, 0.717) is 43.4 Å². The molecule has 1 aliphatic rings. The van der Waals surface area contributed by atoms with E-state index in [1.165, 1.54) is 13.3 Å². The summed E-state index contributed by atoms with van der Waals surface area (Å²) < 4.78 is 10.4. The van der Waals surface area contributed by atoms with Crippen LogP contribution in [0.2, 0.25) is 0 Å². The molecule has 1 aromatic rings. The minimum Gasteiger partial charge on any atom is -0.462 e. The Morgan fingerprint density at radius 2 is 1.64 bits per heavy atom. The molecular formula is C26H38Br2O5. The first-order valence-corrected chi connectivity index (χ1v) is 13.6. The number of aliphatic hydroxyl groups excluding tert-OH is 1. The highest BCUT2D eigenvalue weighted by atomic mass is 79.9. The molecule has 1 fully saturated rings. The fraction of sp³-hybridized carbons (Fsp3) is 0.692. The highest BCUT2D eigenvalue weighted by Gasteiger charge is 2.39. The molecule has 0 spiro atoms. The molecule has 2 rings (SSSR count). The summed E-state index contributed by atoms with van der Waals surface area (Å²) in [6.07, 6.45) is 3.89. The molecule has 5 unspecified atom stereocenters. The van der Waals surface area contributed by atoms with Crippen LogP contribution < -0.4 is 0 Å². The van der Waals surface area contributed by atoms with Crippen molar-refractivity contribution in [3.63, 3.8) is 0 Å². The molecule has 5 atom stereocenters. The average molecular weight is 590 g/mol. The van der Waals surface area contributed by atoms with Gasteiger partial charge in [0, 0.05) is 19.8 Å². The maximum atomic E-state index is 13.3. The Kier molecular flexibility index (Phi) is 11.4. The van der Waals surface area contributed by atoms with Gasteiger partial charge >= 0.3 is 11.9 Å². The van der Waals surface area contributed by atoms with Crippen molar-refractivity contribution in [1.29, 1.82) is 0 Å². The van der Waals surface area contributed by atoms with E-state index < -0.39 is 33.5 Å². The first-order chi connectivity index (χ1) is 15.5. The summed E-state index contributed by atoms with van der Waals surface area (Å²) in [4.78, 5) is 25.0. The number of carbonyl (C=O) groups excluding carboxylic acids is 2. The van der Waals surface area contributed by atoms with Crippen LogP contribution in [0.5, 0.6) is 0 Å². The van der Waals surface area contributed by atoms with Crippen LogP contribution >= 0.6 is 31.9 Å². The molecule has 0 amide bonds. The Balaban J connectivity index is 2.21. The predicted octanol–water partition coefficient (Wildman–Crippen LogP) is 6.49. The van der Waals surface area contributed by atoms with E-state index in [-0.39, 0.29) is 0 Å². The van der Waals surface area contributed by atoms with Crippen LogP contribution in [0.1, 0.15) is 78.2 Å². The van der Waals surface area contributed by atoms with Crippen molar-refractivity contribution < 1.29 is 24.2 Å². The molecule has 0 saturated heterocycles. The van der Waals surface area contributed by atoms with E-state index >= 15 is 0 Å². The van der Waals surface area contributed by atoms with Gasteiger partial charge in [0.25, 0.3) is 0 Å². The Morgan fingerprint density at radius 3 is 2.18 bits per heavy atom. The Morgan fingerprint density at radius 1 is 1.03 bits per heavy atom. The van der Waals surface area contributed by atoms with Crippen molar-refractivity contribution in [2.24, 2.45) is 17.8 Å². The largest absolute Gasteiger partial charge is 0.462 e. The second-order valence-electron chi connectivity index (χ2n) is 9.75. The van der Waals surface area contributed by atoms with Gasteiger partial charge < -0.3 is 14.6 Å². The number of benzene rings is 1. The molecule has 0 aliphatic heterocycles. The standard InChI is InChI=1S/C26H38Br2O5/c1-5-22(30)15-24(32-19(4)29)16-23(14-20-12-17(2)11-18(3)13-20)33-25(31)26(27,28)21-9-7-6-8-10-21/h6-10,17-18,20,22-24,30H,5,11-16H2,1-4H3. The minimum atomic E-state index is -1.16. The zero-order chi connectivity index (χ0) is 24.6. The van der Waals surface area contributed by atoms with Crippen LogP contribution in [0.15, 0.2) is 30.3 Å². The van der Waals surface area contributed by atoms with Gasteiger partial charge in [0.15, 0.2) is 0 Å². The van der Waals surface area contributed by atoms with Crippen LogP contribution in [-0.4, -0.2) is 35.4 Å². The van der Waals surface area contributed by atoms with E-state index in [1.54, 1.807) is 0 Å². The highest BCUT2D eigenvalue weighted by molar-refractivity contribution is 9.25. The number of aliphatic hydroxyl groups is 1. The summed E-state index contributed by atoms with van der Waals surface area (Å²) in [5.74, 6) is 0.877. The fourth-order valence-electron chi connectivity index (χ4n) is 5.05. The van der Waals surface area contributed by atoms with Crippen molar-refractivity contribution in [2.45, 2.75) is 94.2 Å². The third kappa shape index (κ3) is 9.33. The topological polar surface area (TPSA) is 72.8 Å². The molecule has 1 aliphatic carbocycles. The molecule has 1 aromatic carbocycles. The van der Waals surface area contributed by atoms with Gasteiger partial charge in [-0.05, 0) is 55.4 Å². The molecule has 0 aromatic heterocycles. The first kappa shape index (κ1) is 28.3. The maximum absolute atomic E-state index is 13.3. The van der Waals surface area contributed by atoms with Crippen molar-refractivity contribution in [1.82, 2.24) is 0 Å². The molecule has 33 heavy (non-hydrogen) atoms. The SMILES string of the molecule is CCC(O)CC(CC(CC1CC(C)CC(C)C1)OC(=O)C(Br)(Br)c1ccccc1)OC(C)=O. The minimum absolute atomic E-state index is 0.327. The fourth-order valence-corrected chi connectivity index (χ4v) is 5.77. The van der Waals surface area contributed by atoms with Gasteiger partial charge in [0.2, 0.25) is 3.23 Å². The smallest absolute Gasteiger partial charge is 0.338 e. The zero-order valence-corrected chi connectivity index (χ0v) is 23.3. The lowest BCUT2D eigenvalue weighted by molar-refractivity contribution is -0.156. The summed E-state index contributed by atoms with van der Waals surface area (Å²) in [5, 5.41) is 10.2. The molecule has 1 saturated carbocycles. The number of hydrogen-bond acceptors (Lipinski definition) is 5. The van der Waals surface area contributed by atoms with Crippen LogP contribution in [0.25, 0.3) is 0 Å². The number of hydrogen-bond donors (Lipinski definition) is 1. The summed E-state index contributed by atoms with van der Waals surface area (Å²) in [7, 11) is 0. The molecule has 1 N–H and O–H groups in total. The Hall–Kier alpha value is -0.920. The lowest BCUT2D eigenvalue weighted by Crippen LogP contribution is -2.35. The monoisotopic (exact) mass is 588 g/mol. The van der Waals surface area contributed by atoms with E-state index in [4.69, 9.17) is 9.47 Å².